The summed E-state index contributed by atoms with van der Waals surface area (Å²) in [5, 5.41) is 49.5. The zero-order chi connectivity index (χ0) is 13.9. The number of rotatable bonds is 6. The predicted molar refractivity (Wildman–Crippen MR) is 65.1 cm³/mol. The van der Waals surface area contributed by atoms with Crippen LogP contribution < -0.4 is 5.32 Å². The highest BCUT2D eigenvalue weighted by Gasteiger charge is 2.49. The quantitative estimate of drug-likeness (QED) is 0.328. The molecule has 0 saturated carbocycles. The maximum atomic E-state index is 10.9. The second-order valence-corrected chi connectivity index (χ2v) is 5.63. The summed E-state index contributed by atoms with van der Waals surface area (Å²) in [6.07, 6.45) is -4.01. The first kappa shape index (κ1) is 15.7. The van der Waals surface area contributed by atoms with E-state index < -0.39 is 41.8 Å². The van der Waals surface area contributed by atoms with E-state index in [4.69, 9.17) is 10.2 Å². The molecule has 6 N–H and O–H groups in total. The third-order valence-electron chi connectivity index (χ3n) is 3.13. The Labute approximate surface area is 109 Å². The Kier molecular flexibility index (Phi) is 5.38. The zero-order valence-corrected chi connectivity index (χ0v) is 10.8. The molecule has 0 aromatic carbocycles. The minimum absolute atomic E-state index is 0.266. The summed E-state index contributed by atoms with van der Waals surface area (Å²) in [6, 6.07) is -0.803. The van der Waals surface area contributed by atoms with E-state index in [1.165, 1.54) is 11.8 Å². The van der Waals surface area contributed by atoms with Gasteiger partial charge in [0.05, 0.1) is 11.5 Å². The second-order valence-electron chi connectivity index (χ2n) is 4.27. The molecular formula is C10H19NO6S. The fourth-order valence-corrected chi connectivity index (χ4v) is 3.35. The standard InChI is InChI=1S/C10H19NO6S/c1-2-10(8(15)7(14)6(13)3-12)11-5(4-18-10)9(16)17/h5-8,11-15H,2-4H2,1H3,(H,16,17)/t5-,6?,7?,8?,10?/m0/s1. The summed E-state index contributed by atoms with van der Waals surface area (Å²) >= 11 is 1.20. The number of aliphatic hydroxyl groups excluding tert-OH is 4. The van der Waals surface area contributed by atoms with Crippen LogP contribution in [-0.2, 0) is 4.79 Å². The van der Waals surface area contributed by atoms with Crippen molar-refractivity contribution in [2.45, 2.75) is 42.6 Å². The molecule has 0 amide bonds. The molecule has 0 bridgehead atoms. The van der Waals surface area contributed by atoms with Crippen molar-refractivity contribution in [2.75, 3.05) is 12.4 Å². The number of carboxylic acid groups (broad SMARTS) is 1. The topological polar surface area (TPSA) is 130 Å². The van der Waals surface area contributed by atoms with Crippen LogP contribution in [0.2, 0.25) is 0 Å². The van der Waals surface area contributed by atoms with Gasteiger partial charge in [-0.1, -0.05) is 6.92 Å². The van der Waals surface area contributed by atoms with Crippen LogP contribution in [0, 0.1) is 0 Å². The van der Waals surface area contributed by atoms with Crippen molar-refractivity contribution in [1.29, 1.82) is 0 Å². The molecule has 4 unspecified atom stereocenters. The lowest BCUT2D eigenvalue weighted by Crippen LogP contribution is -2.58. The molecule has 1 saturated heterocycles. The summed E-state index contributed by atoms with van der Waals surface area (Å²) in [4.78, 5) is 9.85. The first-order valence-corrected chi connectivity index (χ1v) is 6.66. The summed E-state index contributed by atoms with van der Waals surface area (Å²) in [5.41, 5.74) is 0. The van der Waals surface area contributed by atoms with Gasteiger partial charge >= 0.3 is 5.97 Å². The van der Waals surface area contributed by atoms with Crippen LogP contribution in [0.4, 0.5) is 0 Å². The minimum atomic E-state index is -1.54. The lowest BCUT2D eigenvalue weighted by Gasteiger charge is -2.37. The molecule has 0 aliphatic carbocycles. The highest BCUT2D eigenvalue weighted by atomic mass is 32.2. The fraction of sp³-hybridized carbons (Fsp3) is 0.900. The van der Waals surface area contributed by atoms with Gasteiger partial charge in [-0.3, -0.25) is 10.1 Å². The first-order chi connectivity index (χ1) is 8.38. The Hall–Kier alpha value is -0.380. The Bertz CT molecular complexity index is 304. The molecule has 0 aromatic rings. The Morgan fingerprint density at radius 3 is 2.50 bits per heavy atom. The van der Waals surface area contributed by atoms with Crippen molar-refractivity contribution in [2.24, 2.45) is 0 Å². The molecule has 1 heterocycles. The van der Waals surface area contributed by atoms with Crippen LogP contribution >= 0.6 is 11.8 Å². The van der Waals surface area contributed by atoms with Gasteiger partial charge in [0.1, 0.15) is 24.4 Å². The number of thioether (sulfide) groups is 1. The van der Waals surface area contributed by atoms with Crippen molar-refractivity contribution in [3.05, 3.63) is 0 Å². The Morgan fingerprint density at radius 1 is 1.50 bits per heavy atom. The highest BCUT2D eigenvalue weighted by Crippen LogP contribution is 2.38. The fourth-order valence-electron chi connectivity index (χ4n) is 1.92. The lowest BCUT2D eigenvalue weighted by molar-refractivity contribution is -0.139. The first-order valence-electron chi connectivity index (χ1n) is 5.67. The van der Waals surface area contributed by atoms with Crippen molar-refractivity contribution < 1.29 is 30.3 Å². The molecule has 0 spiro atoms. The van der Waals surface area contributed by atoms with Gasteiger partial charge in [0, 0.05) is 5.75 Å². The largest absolute Gasteiger partial charge is 0.480 e. The van der Waals surface area contributed by atoms with Crippen molar-refractivity contribution in [1.82, 2.24) is 5.32 Å². The molecule has 1 aliphatic rings. The molecule has 0 aromatic heterocycles. The van der Waals surface area contributed by atoms with Gasteiger partial charge in [0.2, 0.25) is 0 Å². The van der Waals surface area contributed by atoms with E-state index >= 15 is 0 Å². The van der Waals surface area contributed by atoms with Crippen molar-refractivity contribution in [3.63, 3.8) is 0 Å². The summed E-state index contributed by atoms with van der Waals surface area (Å²) in [7, 11) is 0. The third kappa shape index (κ3) is 2.95. The zero-order valence-electron chi connectivity index (χ0n) is 9.98. The smallest absolute Gasteiger partial charge is 0.321 e. The van der Waals surface area contributed by atoms with E-state index in [1.54, 1.807) is 6.92 Å². The normalized spacial score (nSPS) is 33.1. The predicted octanol–water partition coefficient (Wildman–Crippen LogP) is -2.04. The van der Waals surface area contributed by atoms with E-state index in [-0.39, 0.29) is 5.75 Å². The maximum absolute atomic E-state index is 10.9. The van der Waals surface area contributed by atoms with Crippen LogP contribution in [0.5, 0.6) is 0 Å². The van der Waals surface area contributed by atoms with Gasteiger partial charge in [-0.15, -0.1) is 11.8 Å². The Morgan fingerprint density at radius 2 is 2.11 bits per heavy atom. The molecule has 0 radical (unpaired) electrons. The summed E-state index contributed by atoms with van der Waals surface area (Å²) < 4.78 is 0. The number of aliphatic hydroxyl groups is 4. The van der Waals surface area contributed by atoms with E-state index in [0.29, 0.717) is 6.42 Å². The van der Waals surface area contributed by atoms with Gasteiger partial charge < -0.3 is 25.5 Å². The van der Waals surface area contributed by atoms with Crippen LogP contribution in [0.1, 0.15) is 13.3 Å². The van der Waals surface area contributed by atoms with Gasteiger partial charge in [0.15, 0.2) is 0 Å². The van der Waals surface area contributed by atoms with E-state index in [0.717, 1.165) is 0 Å². The SMILES string of the molecule is CCC1(C(O)C(O)C(O)CO)N[C@H](C(=O)O)CS1. The molecule has 106 valence electrons. The van der Waals surface area contributed by atoms with Crippen LogP contribution in [0.3, 0.4) is 0 Å². The molecule has 1 rings (SSSR count). The number of aliphatic carboxylic acids is 1. The van der Waals surface area contributed by atoms with Gasteiger partial charge in [-0.25, -0.2) is 0 Å². The highest BCUT2D eigenvalue weighted by molar-refractivity contribution is 8.01. The van der Waals surface area contributed by atoms with Crippen molar-refractivity contribution in [3.8, 4) is 0 Å². The molecule has 8 heteroatoms. The maximum Gasteiger partial charge on any atom is 0.321 e. The number of carbonyl (C=O) groups is 1. The van der Waals surface area contributed by atoms with Crippen LogP contribution in [-0.4, -0.2) is 73.1 Å². The average Bonchev–Trinajstić information content (AvgIpc) is 2.81. The molecule has 18 heavy (non-hydrogen) atoms. The average molecular weight is 281 g/mol. The van der Waals surface area contributed by atoms with Crippen LogP contribution in [0.15, 0.2) is 0 Å². The molecule has 1 fully saturated rings. The van der Waals surface area contributed by atoms with E-state index in [9.17, 15) is 20.1 Å². The number of hydrogen-bond acceptors (Lipinski definition) is 7. The monoisotopic (exact) mass is 281 g/mol. The molecule has 5 atom stereocenters. The van der Waals surface area contributed by atoms with Gasteiger partial charge in [-0.05, 0) is 6.42 Å². The summed E-state index contributed by atoms with van der Waals surface area (Å²) in [6.45, 7) is 1.07. The molecular weight excluding hydrogens is 262 g/mol. The van der Waals surface area contributed by atoms with E-state index in [1.807, 2.05) is 0 Å². The molecule has 1 aliphatic heterocycles. The minimum Gasteiger partial charge on any atom is -0.480 e. The van der Waals surface area contributed by atoms with Gasteiger partial charge in [0.25, 0.3) is 0 Å². The van der Waals surface area contributed by atoms with Gasteiger partial charge in [-0.2, -0.15) is 0 Å². The molecule has 7 nitrogen and oxygen atoms in total. The third-order valence-corrected chi connectivity index (χ3v) is 4.80. The number of hydrogen-bond donors (Lipinski definition) is 6. The van der Waals surface area contributed by atoms with E-state index in [2.05, 4.69) is 5.32 Å². The lowest BCUT2D eigenvalue weighted by atomic mass is 9.98. The van der Waals surface area contributed by atoms with Crippen molar-refractivity contribution >= 4 is 17.7 Å². The second kappa shape index (κ2) is 6.18. The number of carboxylic acids is 1. The summed E-state index contributed by atoms with van der Waals surface area (Å²) in [5.74, 6) is -0.760. The number of nitrogens with one attached hydrogen (secondary N) is 1. The van der Waals surface area contributed by atoms with Crippen LogP contribution in [0.25, 0.3) is 0 Å². The Balaban J connectivity index is 2.80.